The molecule has 0 spiro atoms. The van der Waals surface area contributed by atoms with E-state index < -0.39 is 0 Å². The number of benzene rings is 2. The number of hydrogen-bond acceptors (Lipinski definition) is 4. The Bertz CT molecular complexity index is 785. The molecular formula is C19H21Cl3N2O3. The second kappa shape index (κ2) is 10.6. The van der Waals surface area contributed by atoms with Crippen LogP contribution >= 0.6 is 34.8 Å². The third-order valence-electron chi connectivity index (χ3n) is 3.49. The Balaban J connectivity index is 1.96. The number of halogens is 3. The molecule has 0 aliphatic rings. The first-order valence-corrected chi connectivity index (χ1v) is 9.45. The Labute approximate surface area is 174 Å². The van der Waals surface area contributed by atoms with Crippen molar-refractivity contribution in [3.8, 4) is 17.2 Å². The maximum absolute atomic E-state index is 11.8. The van der Waals surface area contributed by atoms with Crippen molar-refractivity contribution in [3.05, 3.63) is 51.5 Å². The van der Waals surface area contributed by atoms with Gasteiger partial charge in [-0.2, -0.15) is 0 Å². The number of nitrogens with one attached hydrogen (secondary N) is 1. The lowest BCUT2D eigenvalue weighted by Gasteiger charge is -2.14. The summed E-state index contributed by atoms with van der Waals surface area (Å²) in [7, 11) is 3.89. The van der Waals surface area contributed by atoms with Gasteiger partial charge >= 0.3 is 0 Å². The van der Waals surface area contributed by atoms with Crippen LogP contribution in [0.1, 0.15) is 6.42 Å². The maximum Gasteiger partial charge on any atom is 0.223 e. The molecule has 1 amide bonds. The molecule has 0 heterocycles. The summed E-state index contributed by atoms with van der Waals surface area (Å²) >= 11 is 18.1. The summed E-state index contributed by atoms with van der Waals surface area (Å²) in [4.78, 5) is 13.8. The molecule has 0 aliphatic heterocycles. The lowest BCUT2D eigenvalue weighted by molar-refractivity contribution is -0.121. The van der Waals surface area contributed by atoms with Gasteiger partial charge in [-0.1, -0.05) is 34.8 Å². The Hall–Kier alpha value is -1.66. The van der Waals surface area contributed by atoms with Crippen LogP contribution in [0.15, 0.2) is 36.4 Å². The van der Waals surface area contributed by atoms with Gasteiger partial charge in [0.1, 0.15) is 5.75 Å². The van der Waals surface area contributed by atoms with Crippen LogP contribution in [0.2, 0.25) is 15.1 Å². The van der Waals surface area contributed by atoms with E-state index in [9.17, 15) is 4.79 Å². The van der Waals surface area contributed by atoms with Gasteiger partial charge in [0.25, 0.3) is 0 Å². The first-order valence-electron chi connectivity index (χ1n) is 8.32. The highest BCUT2D eigenvalue weighted by atomic mass is 35.5. The molecule has 0 radical (unpaired) electrons. The zero-order chi connectivity index (χ0) is 19.8. The van der Waals surface area contributed by atoms with Gasteiger partial charge in [0.05, 0.1) is 18.1 Å². The number of hydrogen-bond donors (Lipinski definition) is 1. The number of carbonyl (C=O) groups is 1. The van der Waals surface area contributed by atoms with Gasteiger partial charge in [0, 0.05) is 29.2 Å². The van der Waals surface area contributed by atoms with E-state index in [4.69, 9.17) is 44.3 Å². The Morgan fingerprint density at radius 3 is 2.33 bits per heavy atom. The van der Waals surface area contributed by atoms with Gasteiger partial charge in [-0.3, -0.25) is 4.79 Å². The van der Waals surface area contributed by atoms with Crippen LogP contribution in [0, 0.1) is 0 Å². The summed E-state index contributed by atoms with van der Waals surface area (Å²) < 4.78 is 11.5. The number of amides is 1. The van der Waals surface area contributed by atoms with Crippen LogP contribution < -0.4 is 14.8 Å². The Morgan fingerprint density at radius 1 is 1.00 bits per heavy atom. The highest BCUT2D eigenvalue weighted by molar-refractivity contribution is 6.35. The van der Waals surface area contributed by atoms with Gasteiger partial charge in [-0.15, -0.1) is 0 Å². The van der Waals surface area contributed by atoms with Crippen molar-refractivity contribution in [1.82, 2.24) is 10.2 Å². The number of carbonyl (C=O) groups excluding carboxylic acids is 1. The monoisotopic (exact) mass is 430 g/mol. The second-order valence-corrected chi connectivity index (χ2v) is 7.30. The van der Waals surface area contributed by atoms with Gasteiger partial charge in [0.15, 0.2) is 11.5 Å². The van der Waals surface area contributed by atoms with E-state index in [2.05, 4.69) is 5.32 Å². The van der Waals surface area contributed by atoms with E-state index >= 15 is 0 Å². The molecule has 2 aromatic carbocycles. The third kappa shape index (κ3) is 7.46. The van der Waals surface area contributed by atoms with Gasteiger partial charge in [-0.05, 0) is 44.4 Å². The molecule has 0 aliphatic carbocycles. The second-order valence-electron chi connectivity index (χ2n) is 6.02. The van der Waals surface area contributed by atoms with Gasteiger partial charge < -0.3 is 19.7 Å². The maximum atomic E-state index is 11.8. The molecule has 0 saturated carbocycles. The molecule has 0 saturated heterocycles. The number of ether oxygens (including phenoxy) is 2. The van der Waals surface area contributed by atoms with E-state index in [1.165, 1.54) is 0 Å². The molecule has 2 aromatic rings. The predicted molar refractivity (Wildman–Crippen MR) is 110 cm³/mol. The summed E-state index contributed by atoms with van der Waals surface area (Å²) in [6, 6.07) is 9.93. The topological polar surface area (TPSA) is 50.8 Å². The lowest BCUT2D eigenvalue weighted by Crippen LogP contribution is -2.32. The minimum atomic E-state index is -0.0814. The predicted octanol–water partition coefficient (Wildman–Crippen LogP) is 4.89. The largest absolute Gasteiger partial charge is 0.489 e. The van der Waals surface area contributed by atoms with Crippen LogP contribution in [0.4, 0.5) is 0 Å². The van der Waals surface area contributed by atoms with Crippen LogP contribution in [-0.2, 0) is 4.79 Å². The Morgan fingerprint density at radius 2 is 1.67 bits per heavy atom. The van der Waals surface area contributed by atoms with Crippen LogP contribution in [0.25, 0.3) is 0 Å². The molecule has 5 nitrogen and oxygen atoms in total. The fourth-order valence-electron chi connectivity index (χ4n) is 2.12. The molecule has 0 fully saturated rings. The fraction of sp³-hybridized carbons (Fsp3) is 0.316. The molecule has 1 N–H and O–H groups in total. The molecule has 2 rings (SSSR count). The smallest absolute Gasteiger partial charge is 0.223 e. The van der Waals surface area contributed by atoms with Crippen LogP contribution in [0.5, 0.6) is 17.2 Å². The summed E-state index contributed by atoms with van der Waals surface area (Å²) in [5, 5.41) is 4.22. The van der Waals surface area contributed by atoms with Crippen LogP contribution in [0.3, 0.4) is 0 Å². The minimum Gasteiger partial charge on any atom is -0.489 e. The van der Waals surface area contributed by atoms with Gasteiger partial charge in [0.2, 0.25) is 5.91 Å². The first kappa shape index (κ1) is 21.6. The summed E-state index contributed by atoms with van der Waals surface area (Å²) in [5.74, 6) is 1.23. The zero-order valence-electron chi connectivity index (χ0n) is 15.1. The zero-order valence-corrected chi connectivity index (χ0v) is 17.4. The fourth-order valence-corrected chi connectivity index (χ4v) is 2.73. The average Bonchev–Trinajstić information content (AvgIpc) is 2.59. The van der Waals surface area contributed by atoms with Crippen molar-refractivity contribution in [2.45, 2.75) is 6.42 Å². The molecule has 146 valence electrons. The molecule has 27 heavy (non-hydrogen) atoms. The highest BCUT2D eigenvalue weighted by Gasteiger charge is 2.11. The minimum absolute atomic E-state index is 0.0814. The number of nitrogens with zero attached hydrogens (tertiary/aromatic N) is 1. The first-order chi connectivity index (χ1) is 12.8. The van der Waals surface area contributed by atoms with Crippen LogP contribution in [-0.4, -0.2) is 44.6 Å². The van der Waals surface area contributed by atoms with E-state index in [-0.39, 0.29) is 18.9 Å². The van der Waals surface area contributed by atoms with E-state index in [0.717, 1.165) is 6.54 Å². The molecule has 8 heteroatoms. The van der Waals surface area contributed by atoms with Crippen molar-refractivity contribution in [1.29, 1.82) is 0 Å². The highest BCUT2D eigenvalue weighted by Crippen LogP contribution is 2.37. The molecule has 0 aromatic heterocycles. The molecule has 0 bridgehead atoms. The lowest BCUT2D eigenvalue weighted by atomic mass is 10.3. The molecule has 0 atom stereocenters. The van der Waals surface area contributed by atoms with E-state index in [1.807, 2.05) is 19.0 Å². The summed E-state index contributed by atoms with van der Waals surface area (Å²) in [6.45, 7) is 1.56. The van der Waals surface area contributed by atoms with Crippen molar-refractivity contribution in [2.24, 2.45) is 0 Å². The van der Waals surface area contributed by atoms with E-state index in [0.29, 0.717) is 38.9 Å². The summed E-state index contributed by atoms with van der Waals surface area (Å²) in [6.07, 6.45) is 0.223. The SMILES string of the molecule is CN(C)CCNC(=O)CCOc1cc(Cl)ccc1Oc1ccc(Cl)cc1Cl. The molecular weight excluding hydrogens is 411 g/mol. The van der Waals surface area contributed by atoms with E-state index in [1.54, 1.807) is 36.4 Å². The quantitative estimate of drug-likeness (QED) is 0.614. The Kier molecular flexibility index (Phi) is 8.51. The summed E-state index contributed by atoms with van der Waals surface area (Å²) in [5.41, 5.74) is 0. The van der Waals surface area contributed by atoms with Crippen molar-refractivity contribution >= 4 is 40.7 Å². The molecule has 0 unspecified atom stereocenters. The van der Waals surface area contributed by atoms with Crippen molar-refractivity contribution < 1.29 is 14.3 Å². The average molecular weight is 432 g/mol. The van der Waals surface area contributed by atoms with Gasteiger partial charge in [-0.25, -0.2) is 0 Å². The third-order valence-corrected chi connectivity index (χ3v) is 4.25. The number of rotatable bonds is 9. The standard InChI is InChI=1S/C19H21Cl3N2O3/c1-24(2)9-8-23-19(25)7-10-26-18-12-14(21)4-6-17(18)27-16-5-3-13(20)11-15(16)22/h3-6,11-12H,7-10H2,1-2H3,(H,23,25). The van der Waals surface area contributed by atoms with Crippen molar-refractivity contribution in [2.75, 3.05) is 33.8 Å². The number of likely N-dealkylation sites (N-methyl/N-ethyl adjacent to an activating group) is 1. The van der Waals surface area contributed by atoms with Crippen molar-refractivity contribution in [3.63, 3.8) is 0 Å². The normalized spacial score (nSPS) is 10.7.